The van der Waals surface area contributed by atoms with Crippen LogP contribution < -0.4 is 5.22 Å². The first kappa shape index (κ1) is 28.6. The van der Waals surface area contributed by atoms with Gasteiger partial charge in [-0.3, -0.25) is 0 Å². The fraction of sp³-hybridized carbons (Fsp3) is 0.0204. The van der Waals surface area contributed by atoms with Gasteiger partial charge in [-0.1, -0.05) is 110 Å². The average molecular weight is 677 g/mol. The fourth-order valence-electron chi connectivity index (χ4n) is 9.59. The Morgan fingerprint density at radius 2 is 0.830 bits per heavy atom. The molecule has 5 aromatic heterocycles. The summed E-state index contributed by atoms with van der Waals surface area (Å²) in [6.45, 7) is 6.72. The van der Waals surface area contributed by atoms with E-state index in [4.69, 9.17) is 0 Å². The molecule has 0 fully saturated rings. The van der Waals surface area contributed by atoms with E-state index in [1.807, 2.05) is 0 Å². The molecule has 5 heterocycles. The van der Waals surface area contributed by atoms with Crippen molar-refractivity contribution < 1.29 is 0 Å². The second kappa shape index (κ2) is 10.3. The van der Waals surface area contributed by atoms with E-state index in [9.17, 15) is 0 Å². The molecule has 0 saturated carbocycles. The monoisotopic (exact) mass is 676 g/mol. The molecule has 53 heavy (non-hydrogen) atoms. The van der Waals surface area contributed by atoms with Gasteiger partial charge in [0.05, 0.1) is 60.9 Å². The van der Waals surface area contributed by atoms with E-state index >= 15 is 0 Å². The third-order valence-electron chi connectivity index (χ3n) is 11.6. The van der Waals surface area contributed by atoms with Crippen LogP contribution in [0, 0.1) is 0 Å². The second-order valence-electron chi connectivity index (χ2n) is 14.1. The minimum absolute atomic E-state index is 1.05. The number of aromatic nitrogens is 4. The smallest absolute Gasteiger partial charge is 0.0783 e. The zero-order valence-electron chi connectivity index (χ0n) is 29.1. The molecule has 4 nitrogen and oxygen atoms in total. The maximum Gasteiger partial charge on any atom is 0.0783 e. The maximum absolute atomic E-state index is 4.54. The molecule has 4 heteroatoms. The van der Waals surface area contributed by atoms with Crippen LogP contribution >= 0.6 is 0 Å². The summed E-state index contributed by atoms with van der Waals surface area (Å²) in [6, 6.07) is 55.7. The quantitative estimate of drug-likeness (QED) is 0.173. The summed E-state index contributed by atoms with van der Waals surface area (Å²) in [6.07, 6.45) is 4.35. The molecule has 0 atom stereocenters. The third-order valence-corrected chi connectivity index (χ3v) is 11.6. The molecular weight excluding hydrogens is 645 g/mol. The Labute approximate surface area is 303 Å². The predicted molar refractivity (Wildman–Crippen MR) is 225 cm³/mol. The zero-order valence-corrected chi connectivity index (χ0v) is 29.1. The Kier molecular flexibility index (Phi) is 5.55. The van der Waals surface area contributed by atoms with Crippen LogP contribution in [0.5, 0.6) is 0 Å². The highest BCUT2D eigenvalue weighted by atomic mass is 15.0. The molecule has 0 saturated heterocycles. The van der Waals surface area contributed by atoms with Gasteiger partial charge in [0.25, 0.3) is 0 Å². The number of hydrogen-bond donors (Lipinski definition) is 0. The van der Waals surface area contributed by atoms with E-state index in [1.54, 1.807) is 0 Å². The first-order chi connectivity index (χ1) is 26.3. The number of fused-ring (bicyclic) bond motifs is 14. The van der Waals surface area contributed by atoms with E-state index in [2.05, 4.69) is 195 Å². The molecular formula is C49H32N4. The third kappa shape index (κ3) is 3.50. The lowest BCUT2D eigenvalue weighted by molar-refractivity contribution is 1.18. The maximum atomic E-state index is 4.54. The summed E-state index contributed by atoms with van der Waals surface area (Å²) >= 11 is 0. The predicted octanol–water partition coefficient (Wildman–Crippen LogP) is 12.0. The van der Waals surface area contributed by atoms with Crippen LogP contribution in [-0.2, 0) is 0 Å². The van der Waals surface area contributed by atoms with Crippen molar-refractivity contribution in [3.63, 3.8) is 0 Å². The molecule has 0 bridgehead atoms. The number of benzene rings is 7. The molecule has 0 aliphatic heterocycles. The van der Waals surface area contributed by atoms with E-state index < -0.39 is 0 Å². The van der Waals surface area contributed by atoms with Gasteiger partial charge in [-0.2, -0.15) is 0 Å². The van der Waals surface area contributed by atoms with Gasteiger partial charge >= 0.3 is 0 Å². The first-order valence-electron chi connectivity index (χ1n) is 18.3. The largest absolute Gasteiger partial charge is 0.309 e. The van der Waals surface area contributed by atoms with Crippen molar-refractivity contribution in [3.05, 3.63) is 169 Å². The summed E-state index contributed by atoms with van der Waals surface area (Å²) in [7, 11) is 0. The number of hydrogen-bond acceptors (Lipinski definition) is 0. The molecule has 12 aromatic rings. The number of nitrogens with zero attached hydrogens (tertiary/aromatic N) is 4. The molecule has 0 radical (unpaired) electrons. The number of para-hydroxylation sites is 6. The van der Waals surface area contributed by atoms with Crippen molar-refractivity contribution in [1.29, 1.82) is 0 Å². The molecule has 0 aliphatic carbocycles. The SMILES string of the molecule is C=Cc1c2/c(=C\C)c3cc(-n4c5ccccc5c5ccccc54)ccc3n2c2cccc3c4ccccc4n(c4cccc5c6ccccc6n1c54)c32. The van der Waals surface area contributed by atoms with Crippen LogP contribution in [0.25, 0.3) is 111 Å². The van der Waals surface area contributed by atoms with Gasteiger partial charge in [0.1, 0.15) is 0 Å². The highest BCUT2D eigenvalue weighted by Gasteiger charge is 2.22. The highest BCUT2D eigenvalue weighted by molar-refractivity contribution is 6.19. The zero-order chi connectivity index (χ0) is 34.9. The minimum atomic E-state index is 1.05. The summed E-state index contributed by atoms with van der Waals surface area (Å²) < 4.78 is 9.88. The van der Waals surface area contributed by atoms with Crippen molar-refractivity contribution in [2.45, 2.75) is 6.92 Å². The molecule has 0 spiro atoms. The summed E-state index contributed by atoms with van der Waals surface area (Å²) in [4.78, 5) is 0. The molecule has 0 amide bonds. The lowest BCUT2D eigenvalue weighted by atomic mass is 10.1. The second-order valence-corrected chi connectivity index (χ2v) is 14.1. The minimum Gasteiger partial charge on any atom is -0.309 e. The average Bonchev–Trinajstić information content (AvgIpc) is 3.94. The molecule has 7 aromatic carbocycles. The van der Waals surface area contributed by atoms with Crippen LogP contribution in [0.4, 0.5) is 0 Å². The molecule has 0 unspecified atom stereocenters. The molecule has 248 valence electrons. The van der Waals surface area contributed by atoms with Gasteiger partial charge in [-0.15, -0.1) is 0 Å². The molecule has 0 aliphatic rings. The van der Waals surface area contributed by atoms with Gasteiger partial charge in [0, 0.05) is 48.6 Å². The summed E-state index contributed by atoms with van der Waals surface area (Å²) in [5.74, 6) is 0. The van der Waals surface area contributed by atoms with E-state index in [0.29, 0.717) is 0 Å². The van der Waals surface area contributed by atoms with Crippen molar-refractivity contribution in [3.8, 4) is 5.69 Å². The lowest BCUT2D eigenvalue weighted by Gasteiger charge is -2.09. The Bertz CT molecular complexity index is 3600. The van der Waals surface area contributed by atoms with Gasteiger partial charge in [-0.25, -0.2) is 0 Å². The van der Waals surface area contributed by atoms with Crippen LogP contribution in [0.1, 0.15) is 12.6 Å². The van der Waals surface area contributed by atoms with Crippen molar-refractivity contribution in [2.75, 3.05) is 0 Å². The van der Waals surface area contributed by atoms with E-state index in [0.717, 1.165) is 39.0 Å². The molecule has 0 N–H and O–H groups in total. The van der Waals surface area contributed by atoms with Crippen LogP contribution in [-0.4, -0.2) is 17.8 Å². The van der Waals surface area contributed by atoms with Crippen molar-refractivity contribution in [2.24, 2.45) is 0 Å². The van der Waals surface area contributed by atoms with Gasteiger partial charge in [0.15, 0.2) is 0 Å². The number of rotatable bonds is 2. The fourth-order valence-corrected chi connectivity index (χ4v) is 9.59. The van der Waals surface area contributed by atoms with Crippen LogP contribution in [0.15, 0.2) is 158 Å². The molecule has 12 rings (SSSR count). The van der Waals surface area contributed by atoms with Gasteiger partial charge in [0.2, 0.25) is 0 Å². The van der Waals surface area contributed by atoms with Crippen LogP contribution in [0.2, 0.25) is 0 Å². The topological polar surface area (TPSA) is 18.2 Å². The Balaban J connectivity index is 1.41. The van der Waals surface area contributed by atoms with Crippen LogP contribution in [0.3, 0.4) is 0 Å². The lowest BCUT2D eigenvalue weighted by Crippen LogP contribution is -2.03. The Morgan fingerprint density at radius 3 is 1.40 bits per heavy atom. The van der Waals surface area contributed by atoms with E-state index in [1.165, 1.54) is 70.5 Å². The first-order valence-corrected chi connectivity index (χ1v) is 18.3. The Morgan fingerprint density at radius 1 is 0.396 bits per heavy atom. The highest BCUT2D eigenvalue weighted by Crippen LogP contribution is 2.39. The summed E-state index contributed by atoms with van der Waals surface area (Å²) in [5, 5.41) is 9.82. The van der Waals surface area contributed by atoms with E-state index in [-0.39, 0.29) is 0 Å². The summed E-state index contributed by atoms with van der Waals surface area (Å²) in [5.41, 5.74) is 13.9. The normalized spacial score (nSPS) is 12.8. The van der Waals surface area contributed by atoms with Crippen molar-refractivity contribution >= 4 is 105 Å². The Hall–Kier alpha value is -7.04. The standard InChI is InChI=1S/C49H32N4/c1-3-31-38-29-30(50-40-21-9-5-15-32(40)33-16-6-10-22-41(33)50)27-28-44(38)53-46-26-14-20-37-35-18-8-12-24-43(35)52(49(37)46)45-25-13-19-36-34-17-7-11-23-42(34)51(48(36)45)39(4-2)47(31)53/h3-29H,2H2,1H3/b31-3-,47-39?. The van der Waals surface area contributed by atoms with Gasteiger partial charge < -0.3 is 17.8 Å². The van der Waals surface area contributed by atoms with Gasteiger partial charge in [-0.05, 0) is 67.6 Å². The van der Waals surface area contributed by atoms with Crippen molar-refractivity contribution in [1.82, 2.24) is 17.8 Å².